The van der Waals surface area contributed by atoms with E-state index in [4.69, 9.17) is 0 Å². The van der Waals surface area contributed by atoms with E-state index >= 15 is 0 Å². The minimum Gasteiger partial charge on any atom is -0.478 e. The molecule has 0 bridgehead atoms. The van der Waals surface area contributed by atoms with Gasteiger partial charge in [0.25, 0.3) is 0 Å². The number of Topliss-reactive ketones (excluding diaryl/α,β-unsaturated/α-hetero) is 1. The quantitative estimate of drug-likeness (QED) is 0.395. The van der Waals surface area contributed by atoms with Crippen LogP contribution in [0.1, 0.15) is 78.8 Å². The van der Waals surface area contributed by atoms with E-state index in [1.165, 1.54) is 0 Å². The zero-order valence-corrected chi connectivity index (χ0v) is 19.0. The standard InChI is InChI=1S/C26H31N3O3/c1-4-5-10-23(30)25-27-24(29(28-25)16-15-18(2)3)17-19-11-13-20(14-12-19)21-8-6-7-9-22(21)26(31)32/h6-9,11-14,18H,4-5,10,15-17H2,1-3H3,(H,31,32). The number of carboxylic acid groups (broad SMARTS) is 1. The maximum atomic E-state index is 12.5. The molecular weight excluding hydrogens is 402 g/mol. The van der Waals surface area contributed by atoms with Gasteiger partial charge in [0.1, 0.15) is 5.82 Å². The van der Waals surface area contributed by atoms with E-state index in [1.54, 1.807) is 12.1 Å². The van der Waals surface area contributed by atoms with E-state index in [0.29, 0.717) is 30.1 Å². The van der Waals surface area contributed by atoms with Gasteiger partial charge in [0, 0.05) is 19.4 Å². The smallest absolute Gasteiger partial charge is 0.336 e. The van der Waals surface area contributed by atoms with Crippen molar-refractivity contribution < 1.29 is 14.7 Å². The average Bonchev–Trinajstić information content (AvgIpc) is 3.19. The number of rotatable bonds is 11. The van der Waals surface area contributed by atoms with Gasteiger partial charge in [0.15, 0.2) is 0 Å². The van der Waals surface area contributed by atoms with Gasteiger partial charge in [-0.1, -0.05) is 69.7 Å². The number of aromatic carboxylic acids is 1. The second-order valence-corrected chi connectivity index (χ2v) is 8.51. The Morgan fingerprint density at radius 3 is 2.44 bits per heavy atom. The molecule has 0 radical (unpaired) electrons. The van der Waals surface area contributed by atoms with Gasteiger partial charge in [-0.3, -0.25) is 4.79 Å². The topological polar surface area (TPSA) is 85.1 Å². The van der Waals surface area contributed by atoms with Crippen LogP contribution in [0.5, 0.6) is 0 Å². The number of aromatic nitrogens is 3. The first-order valence-electron chi connectivity index (χ1n) is 11.3. The molecule has 168 valence electrons. The summed E-state index contributed by atoms with van der Waals surface area (Å²) in [6.45, 7) is 7.12. The molecule has 0 spiro atoms. The van der Waals surface area contributed by atoms with Crippen molar-refractivity contribution in [3.05, 3.63) is 71.3 Å². The second-order valence-electron chi connectivity index (χ2n) is 8.51. The number of hydrogen-bond acceptors (Lipinski definition) is 4. The lowest BCUT2D eigenvalue weighted by molar-refractivity contribution is 0.0697. The van der Waals surface area contributed by atoms with Crippen LogP contribution >= 0.6 is 0 Å². The number of aryl methyl sites for hydroxylation is 1. The fourth-order valence-electron chi connectivity index (χ4n) is 3.54. The Kier molecular flexibility index (Phi) is 7.92. The van der Waals surface area contributed by atoms with Gasteiger partial charge >= 0.3 is 5.97 Å². The molecule has 3 aromatic rings. The summed E-state index contributed by atoms with van der Waals surface area (Å²) in [5.74, 6) is 0.675. The first-order chi connectivity index (χ1) is 15.4. The first kappa shape index (κ1) is 23.4. The van der Waals surface area contributed by atoms with Gasteiger partial charge < -0.3 is 5.11 Å². The molecule has 0 aliphatic rings. The Bertz CT molecular complexity index is 1070. The van der Waals surface area contributed by atoms with Crippen molar-refractivity contribution in [3.8, 4) is 11.1 Å². The van der Waals surface area contributed by atoms with E-state index in [-0.39, 0.29) is 11.3 Å². The van der Waals surface area contributed by atoms with Crippen LogP contribution in [-0.2, 0) is 13.0 Å². The lowest BCUT2D eigenvalue weighted by Gasteiger charge is -2.09. The fourth-order valence-corrected chi connectivity index (χ4v) is 3.54. The molecule has 0 amide bonds. The molecule has 32 heavy (non-hydrogen) atoms. The summed E-state index contributed by atoms with van der Waals surface area (Å²) in [7, 11) is 0. The van der Waals surface area contributed by atoms with E-state index in [9.17, 15) is 14.7 Å². The third-order valence-corrected chi connectivity index (χ3v) is 5.46. The van der Waals surface area contributed by atoms with Crippen LogP contribution < -0.4 is 0 Å². The summed E-state index contributed by atoms with van der Waals surface area (Å²) in [4.78, 5) is 28.6. The largest absolute Gasteiger partial charge is 0.478 e. The molecule has 1 heterocycles. The zero-order chi connectivity index (χ0) is 23.1. The van der Waals surface area contributed by atoms with Crippen LogP contribution in [0.4, 0.5) is 0 Å². The van der Waals surface area contributed by atoms with Gasteiger partial charge in [-0.25, -0.2) is 14.5 Å². The Morgan fingerprint density at radius 2 is 1.78 bits per heavy atom. The Labute approximate surface area is 189 Å². The number of nitrogens with zero attached hydrogens (tertiary/aromatic N) is 3. The maximum absolute atomic E-state index is 12.5. The molecular formula is C26H31N3O3. The van der Waals surface area contributed by atoms with E-state index in [0.717, 1.165) is 42.8 Å². The summed E-state index contributed by atoms with van der Waals surface area (Å²) in [5.41, 5.74) is 2.86. The Balaban J connectivity index is 1.83. The molecule has 0 fully saturated rings. The molecule has 2 aromatic carbocycles. The number of unbranched alkanes of at least 4 members (excludes halogenated alkanes) is 1. The highest BCUT2D eigenvalue weighted by Gasteiger charge is 2.17. The molecule has 0 aliphatic heterocycles. The van der Waals surface area contributed by atoms with Crippen molar-refractivity contribution in [3.63, 3.8) is 0 Å². The van der Waals surface area contributed by atoms with Crippen LogP contribution in [0.15, 0.2) is 48.5 Å². The monoisotopic (exact) mass is 433 g/mol. The number of carboxylic acids is 1. The highest BCUT2D eigenvalue weighted by atomic mass is 16.4. The van der Waals surface area contributed by atoms with Crippen LogP contribution in [0.25, 0.3) is 11.1 Å². The number of carbonyl (C=O) groups is 2. The predicted molar refractivity (Wildman–Crippen MR) is 125 cm³/mol. The number of carbonyl (C=O) groups excluding carboxylic acids is 1. The molecule has 1 N–H and O–H groups in total. The fraction of sp³-hybridized carbons (Fsp3) is 0.385. The number of ketones is 1. The molecule has 6 heteroatoms. The third kappa shape index (κ3) is 5.90. The minimum absolute atomic E-state index is 0.00276. The molecule has 0 aliphatic carbocycles. The lowest BCUT2D eigenvalue weighted by Crippen LogP contribution is -2.09. The zero-order valence-electron chi connectivity index (χ0n) is 19.0. The molecule has 0 atom stereocenters. The second kappa shape index (κ2) is 10.8. The molecule has 6 nitrogen and oxygen atoms in total. The lowest BCUT2D eigenvalue weighted by atomic mass is 9.98. The average molecular weight is 434 g/mol. The predicted octanol–water partition coefficient (Wildman–Crippen LogP) is 5.65. The minimum atomic E-state index is -0.941. The summed E-state index contributed by atoms with van der Waals surface area (Å²) in [6, 6.07) is 14.8. The summed E-state index contributed by atoms with van der Waals surface area (Å²) in [5, 5.41) is 14.0. The van der Waals surface area contributed by atoms with Gasteiger partial charge in [-0.05, 0) is 41.5 Å². The van der Waals surface area contributed by atoms with Crippen LogP contribution in [0.3, 0.4) is 0 Å². The van der Waals surface area contributed by atoms with Crippen molar-refractivity contribution in [2.45, 2.75) is 59.4 Å². The molecule has 0 unspecified atom stereocenters. The molecule has 0 saturated heterocycles. The van der Waals surface area contributed by atoms with Crippen LogP contribution in [-0.4, -0.2) is 31.6 Å². The van der Waals surface area contributed by atoms with Crippen molar-refractivity contribution in [1.82, 2.24) is 14.8 Å². The van der Waals surface area contributed by atoms with Crippen molar-refractivity contribution in [1.29, 1.82) is 0 Å². The van der Waals surface area contributed by atoms with Crippen LogP contribution in [0.2, 0.25) is 0 Å². The SMILES string of the molecule is CCCCC(=O)c1nc(Cc2ccc(-c3ccccc3C(=O)O)cc2)n(CCC(C)C)n1. The normalized spacial score (nSPS) is 11.1. The van der Waals surface area contributed by atoms with Gasteiger partial charge in [-0.15, -0.1) is 5.10 Å². The highest BCUT2D eigenvalue weighted by molar-refractivity contribution is 5.96. The van der Waals surface area contributed by atoms with Crippen molar-refractivity contribution in [2.75, 3.05) is 0 Å². The van der Waals surface area contributed by atoms with Gasteiger partial charge in [0.05, 0.1) is 5.56 Å². The number of benzene rings is 2. The highest BCUT2D eigenvalue weighted by Crippen LogP contribution is 2.25. The third-order valence-electron chi connectivity index (χ3n) is 5.46. The van der Waals surface area contributed by atoms with E-state index in [2.05, 4.69) is 30.9 Å². The molecule has 0 saturated carbocycles. The van der Waals surface area contributed by atoms with Gasteiger partial charge in [-0.2, -0.15) is 0 Å². The summed E-state index contributed by atoms with van der Waals surface area (Å²) < 4.78 is 1.87. The van der Waals surface area contributed by atoms with E-state index in [1.807, 2.05) is 41.1 Å². The van der Waals surface area contributed by atoms with Crippen LogP contribution in [0, 0.1) is 5.92 Å². The summed E-state index contributed by atoms with van der Waals surface area (Å²) in [6.07, 6.45) is 3.80. The van der Waals surface area contributed by atoms with Gasteiger partial charge in [0.2, 0.25) is 11.6 Å². The molecule has 3 rings (SSSR count). The van der Waals surface area contributed by atoms with Crippen molar-refractivity contribution in [2.24, 2.45) is 5.92 Å². The Hall–Kier alpha value is -3.28. The summed E-state index contributed by atoms with van der Waals surface area (Å²) >= 11 is 0. The first-order valence-corrected chi connectivity index (χ1v) is 11.3. The molecule has 1 aromatic heterocycles. The Morgan fingerprint density at radius 1 is 1.06 bits per heavy atom. The number of hydrogen-bond donors (Lipinski definition) is 1. The van der Waals surface area contributed by atoms with E-state index < -0.39 is 5.97 Å². The maximum Gasteiger partial charge on any atom is 0.336 e. The van der Waals surface area contributed by atoms with Crippen molar-refractivity contribution >= 4 is 11.8 Å².